The molecule has 5 nitrogen and oxygen atoms in total. The largest absolute Gasteiger partial charge is 0.399 e. The number of aromatic nitrogens is 1. The number of nitrogens with one attached hydrogen (secondary N) is 1. The van der Waals surface area contributed by atoms with Gasteiger partial charge in [-0.1, -0.05) is 0 Å². The second-order valence-electron chi connectivity index (χ2n) is 5.47. The third-order valence-corrected chi connectivity index (χ3v) is 3.64. The maximum atomic E-state index is 12.7. The number of rotatable bonds is 1. The lowest BCUT2D eigenvalue weighted by Crippen LogP contribution is -2.48. The summed E-state index contributed by atoms with van der Waals surface area (Å²) in [6.45, 7) is 5.24. The van der Waals surface area contributed by atoms with E-state index in [2.05, 4.69) is 4.98 Å². The topological polar surface area (TPSA) is 71.4 Å². The van der Waals surface area contributed by atoms with Gasteiger partial charge in [-0.05, 0) is 32.0 Å². The van der Waals surface area contributed by atoms with Crippen LogP contribution in [0.25, 0.3) is 10.9 Å². The molecule has 3 N–H and O–H groups in total. The maximum Gasteiger partial charge on any atom is 0.256 e. The highest BCUT2D eigenvalue weighted by Gasteiger charge is 2.27. The molecule has 20 heavy (non-hydrogen) atoms. The summed E-state index contributed by atoms with van der Waals surface area (Å²) in [6, 6.07) is 5.55. The molecule has 0 spiro atoms. The number of hydrogen-bond acceptors (Lipinski definition) is 3. The molecule has 1 aromatic carbocycles. The van der Waals surface area contributed by atoms with Crippen LogP contribution in [0.5, 0.6) is 0 Å². The van der Waals surface area contributed by atoms with Crippen molar-refractivity contribution in [3.63, 3.8) is 0 Å². The Bertz CT molecular complexity index is 640. The molecule has 2 aromatic rings. The molecule has 1 saturated heterocycles. The van der Waals surface area contributed by atoms with Crippen molar-refractivity contribution in [1.82, 2.24) is 9.88 Å². The summed E-state index contributed by atoms with van der Waals surface area (Å²) in [5, 5.41) is 0.913. The third-order valence-electron chi connectivity index (χ3n) is 3.64. The molecule has 1 aromatic heterocycles. The summed E-state index contributed by atoms with van der Waals surface area (Å²) in [5.74, 6) is 0.0445. The summed E-state index contributed by atoms with van der Waals surface area (Å²) >= 11 is 0. The highest BCUT2D eigenvalue weighted by atomic mass is 16.5. The minimum Gasteiger partial charge on any atom is -0.399 e. The Kier molecular flexibility index (Phi) is 3.14. The van der Waals surface area contributed by atoms with Crippen molar-refractivity contribution in [2.45, 2.75) is 26.1 Å². The number of H-pyrrole nitrogens is 1. The van der Waals surface area contributed by atoms with E-state index in [1.165, 1.54) is 0 Å². The van der Waals surface area contributed by atoms with Gasteiger partial charge in [-0.2, -0.15) is 0 Å². The fourth-order valence-electron chi connectivity index (χ4n) is 2.83. The van der Waals surface area contributed by atoms with Crippen LogP contribution in [0.15, 0.2) is 24.4 Å². The van der Waals surface area contributed by atoms with Crippen LogP contribution in [-0.2, 0) is 4.74 Å². The second-order valence-corrected chi connectivity index (χ2v) is 5.47. The number of ether oxygens (including phenoxy) is 1. The molecule has 1 aliphatic rings. The molecule has 1 aliphatic heterocycles. The van der Waals surface area contributed by atoms with Gasteiger partial charge in [0.25, 0.3) is 5.91 Å². The van der Waals surface area contributed by atoms with Gasteiger partial charge in [0.15, 0.2) is 0 Å². The number of benzene rings is 1. The van der Waals surface area contributed by atoms with Crippen LogP contribution in [-0.4, -0.2) is 41.1 Å². The molecule has 106 valence electrons. The summed E-state index contributed by atoms with van der Waals surface area (Å²) < 4.78 is 5.67. The minimum atomic E-state index is 0.0445. The first-order chi connectivity index (χ1) is 9.54. The van der Waals surface area contributed by atoms with Crippen molar-refractivity contribution in [2.24, 2.45) is 0 Å². The summed E-state index contributed by atoms with van der Waals surface area (Å²) in [7, 11) is 0. The highest BCUT2D eigenvalue weighted by molar-refractivity contribution is 6.07. The lowest BCUT2D eigenvalue weighted by molar-refractivity contribution is -0.0585. The van der Waals surface area contributed by atoms with Gasteiger partial charge in [0.2, 0.25) is 0 Å². The van der Waals surface area contributed by atoms with Crippen LogP contribution >= 0.6 is 0 Å². The van der Waals surface area contributed by atoms with E-state index in [9.17, 15) is 4.79 Å². The molecule has 1 fully saturated rings. The van der Waals surface area contributed by atoms with Crippen LogP contribution in [0, 0.1) is 0 Å². The van der Waals surface area contributed by atoms with E-state index < -0.39 is 0 Å². The number of aromatic amines is 1. The minimum absolute atomic E-state index is 0.0445. The number of nitrogens with zero attached hydrogens (tertiary/aromatic N) is 1. The van der Waals surface area contributed by atoms with E-state index in [1.54, 1.807) is 6.20 Å². The molecule has 2 heterocycles. The Balaban J connectivity index is 1.92. The lowest BCUT2D eigenvalue weighted by atomic mass is 10.1. The van der Waals surface area contributed by atoms with Crippen LogP contribution in [0.1, 0.15) is 24.2 Å². The number of amides is 1. The number of carbonyl (C=O) groups is 1. The van der Waals surface area contributed by atoms with Crippen molar-refractivity contribution in [2.75, 3.05) is 18.8 Å². The van der Waals surface area contributed by atoms with Crippen molar-refractivity contribution in [1.29, 1.82) is 0 Å². The van der Waals surface area contributed by atoms with Crippen molar-refractivity contribution in [3.8, 4) is 0 Å². The number of morpholine rings is 1. The van der Waals surface area contributed by atoms with Gasteiger partial charge in [-0.3, -0.25) is 4.79 Å². The van der Waals surface area contributed by atoms with Crippen LogP contribution in [0.3, 0.4) is 0 Å². The zero-order valence-electron chi connectivity index (χ0n) is 11.7. The van der Waals surface area contributed by atoms with Crippen molar-refractivity contribution < 1.29 is 9.53 Å². The van der Waals surface area contributed by atoms with Gasteiger partial charge in [-0.25, -0.2) is 0 Å². The normalized spacial score (nSPS) is 23.2. The Morgan fingerprint density at radius 1 is 1.35 bits per heavy atom. The average Bonchev–Trinajstić information content (AvgIpc) is 2.79. The van der Waals surface area contributed by atoms with Gasteiger partial charge in [0.1, 0.15) is 0 Å². The fraction of sp³-hybridized carbons (Fsp3) is 0.400. The quantitative estimate of drug-likeness (QED) is 0.781. The smallest absolute Gasteiger partial charge is 0.256 e. The Morgan fingerprint density at radius 3 is 2.75 bits per heavy atom. The number of carbonyl (C=O) groups excluding carboxylic acids is 1. The molecule has 5 heteroatoms. The predicted molar refractivity (Wildman–Crippen MR) is 78.6 cm³/mol. The molecule has 3 rings (SSSR count). The molecule has 0 saturated carbocycles. The van der Waals surface area contributed by atoms with Crippen molar-refractivity contribution in [3.05, 3.63) is 30.0 Å². The van der Waals surface area contributed by atoms with Gasteiger partial charge in [0, 0.05) is 35.9 Å². The fourth-order valence-corrected chi connectivity index (χ4v) is 2.83. The van der Waals surface area contributed by atoms with E-state index in [1.807, 2.05) is 36.9 Å². The van der Waals surface area contributed by atoms with E-state index in [0.717, 1.165) is 10.9 Å². The number of anilines is 1. The Hall–Kier alpha value is -2.01. The average molecular weight is 273 g/mol. The summed E-state index contributed by atoms with van der Waals surface area (Å²) in [4.78, 5) is 17.6. The molecule has 0 bridgehead atoms. The Labute approximate surface area is 117 Å². The van der Waals surface area contributed by atoms with E-state index >= 15 is 0 Å². The number of nitrogens with two attached hydrogens (primary N) is 1. The predicted octanol–water partition coefficient (Wildman–Crippen LogP) is 2.00. The lowest BCUT2D eigenvalue weighted by Gasteiger charge is -2.35. The molecular weight excluding hydrogens is 254 g/mol. The molecule has 2 atom stereocenters. The van der Waals surface area contributed by atoms with E-state index in [-0.39, 0.29) is 18.1 Å². The summed E-state index contributed by atoms with van der Waals surface area (Å²) in [5.41, 5.74) is 8.03. The van der Waals surface area contributed by atoms with E-state index in [0.29, 0.717) is 24.3 Å². The first-order valence-electron chi connectivity index (χ1n) is 6.86. The Morgan fingerprint density at radius 2 is 2.05 bits per heavy atom. The third kappa shape index (κ3) is 2.25. The first-order valence-corrected chi connectivity index (χ1v) is 6.86. The molecule has 2 unspecified atom stereocenters. The van der Waals surface area contributed by atoms with Crippen LogP contribution in [0.4, 0.5) is 5.69 Å². The molecule has 1 amide bonds. The number of fused-ring (bicyclic) bond motifs is 1. The van der Waals surface area contributed by atoms with Gasteiger partial charge < -0.3 is 20.4 Å². The SMILES string of the molecule is CC1CN(C(=O)c2c[nH]c3cc(N)ccc23)CC(C)O1. The zero-order valence-corrected chi connectivity index (χ0v) is 11.7. The van der Waals surface area contributed by atoms with Gasteiger partial charge >= 0.3 is 0 Å². The van der Waals surface area contributed by atoms with E-state index in [4.69, 9.17) is 10.5 Å². The number of hydrogen-bond donors (Lipinski definition) is 2. The van der Waals surface area contributed by atoms with Crippen LogP contribution in [0.2, 0.25) is 0 Å². The maximum absolute atomic E-state index is 12.7. The van der Waals surface area contributed by atoms with Crippen molar-refractivity contribution >= 4 is 22.5 Å². The molecule has 0 radical (unpaired) electrons. The zero-order chi connectivity index (χ0) is 14.3. The standard InChI is InChI=1S/C15H19N3O2/c1-9-7-18(8-10(2)20-9)15(19)13-6-17-14-5-11(16)3-4-12(13)14/h3-6,9-10,17H,7-8,16H2,1-2H3. The highest BCUT2D eigenvalue weighted by Crippen LogP contribution is 2.23. The number of nitrogen functional groups attached to an aromatic ring is 1. The first kappa shape index (κ1) is 13.0. The van der Waals surface area contributed by atoms with Gasteiger partial charge in [-0.15, -0.1) is 0 Å². The second kappa shape index (κ2) is 4.83. The molecule has 0 aliphatic carbocycles. The molecular formula is C15H19N3O2. The van der Waals surface area contributed by atoms with Crippen LogP contribution < -0.4 is 5.73 Å². The summed E-state index contributed by atoms with van der Waals surface area (Å²) in [6.07, 6.45) is 1.91. The van der Waals surface area contributed by atoms with Gasteiger partial charge in [0.05, 0.1) is 17.8 Å². The monoisotopic (exact) mass is 273 g/mol.